The molecule has 4 nitrogen and oxygen atoms in total. The lowest BCUT2D eigenvalue weighted by molar-refractivity contribution is 0.162. The molecule has 1 atom stereocenters. The molecule has 2 heterocycles. The third-order valence-corrected chi connectivity index (χ3v) is 3.93. The average molecular weight is 262 g/mol. The number of nitrogens with zero attached hydrogens (tertiary/aromatic N) is 1. The minimum atomic E-state index is 0.484. The summed E-state index contributed by atoms with van der Waals surface area (Å²) < 4.78 is 11.3. The van der Waals surface area contributed by atoms with Crippen molar-refractivity contribution in [3.05, 3.63) is 23.8 Å². The Bertz CT molecular complexity index is 430. The second-order valence-electron chi connectivity index (χ2n) is 5.11. The van der Waals surface area contributed by atoms with Crippen LogP contribution in [0.25, 0.3) is 0 Å². The number of benzene rings is 1. The number of nitrogens with one attached hydrogen (secondary N) is 1. The summed E-state index contributed by atoms with van der Waals surface area (Å²) in [6, 6.07) is 6.88. The molecule has 1 fully saturated rings. The van der Waals surface area contributed by atoms with E-state index in [1.54, 1.807) is 0 Å². The minimum Gasteiger partial charge on any atom is -0.486 e. The molecular formula is C15H22N2O2. The number of ether oxygens (including phenoxy) is 2. The molecule has 0 aliphatic carbocycles. The van der Waals surface area contributed by atoms with Gasteiger partial charge in [0.15, 0.2) is 11.5 Å². The Balaban J connectivity index is 1.82. The maximum Gasteiger partial charge on any atom is 0.161 e. The van der Waals surface area contributed by atoms with Crippen LogP contribution in [0.2, 0.25) is 0 Å². The van der Waals surface area contributed by atoms with E-state index in [2.05, 4.69) is 35.3 Å². The fourth-order valence-electron chi connectivity index (χ4n) is 2.97. The van der Waals surface area contributed by atoms with Crippen LogP contribution in [0.1, 0.15) is 24.9 Å². The van der Waals surface area contributed by atoms with Gasteiger partial charge in [-0.05, 0) is 24.1 Å². The molecule has 1 saturated heterocycles. The van der Waals surface area contributed by atoms with Crippen molar-refractivity contribution in [3.63, 3.8) is 0 Å². The summed E-state index contributed by atoms with van der Waals surface area (Å²) in [5.74, 6) is 1.78. The van der Waals surface area contributed by atoms with E-state index in [0.717, 1.165) is 44.1 Å². The van der Waals surface area contributed by atoms with Crippen LogP contribution in [0.4, 0.5) is 0 Å². The van der Waals surface area contributed by atoms with Crippen LogP contribution in [0, 0.1) is 0 Å². The lowest BCUT2D eigenvalue weighted by atomic mass is 10.0. The molecule has 1 N–H and O–H groups in total. The second kappa shape index (κ2) is 5.80. The van der Waals surface area contributed by atoms with Crippen molar-refractivity contribution in [1.82, 2.24) is 10.2 Å². The highest BCUT2D eigenvalue weighted by molar-refractivity contribution is 5.44. The molecule has 19 heavy (non-hydrogen) atoms. The Morgan fingerprint density at radius 3 is 2.63 bits per heavy atom. The van der Waals surface area contributed by atoms with Gasteiger partial charge in [-0.25, -0.2) is 0 Å². The highest BCUT2D eigenvalue weighted by atomic mass is 16.6. The van der Waals surface area contributed by atoms with Gasteiger partial charge in [-0.1, -0.05) is 13.0 Å². The first-order chi connectivity index (χ1) is 9.38. The molecule has 0 unspecified atom stereocenters. The maximum absolute atomic E-state index is 5.69. The number of piperazine rings is 1. The molecular weight excluding hydrogens is 240 g/mol. The van der Waals surface area contributed by atoms with Crippen molar-refractivity contribution >= 4 is 0 Å². The van der Waals surface area contributed by atoms with E-state index in [4.69, 9.17) is 9.47 Å². The highest BCUT2D eigenvalue weighted by Gasteiger charge is 2.22. The summed E-state index contributed by atoms with van der Waals surface area (Å²) in [5.41, 5.74) is 1.34. The first-order valence-corrected chi connectivity index (χ1v) is 7.23. The molecule has 0 bridgehead atoms. The van der Waals surface area contributed by atoms with E-state index in [0.29, 0.717) is 19.3 Å². The number of fused-ring (bicyclic) bond motifs is 1. The van der Waals surface area contributed by atoms with Gasteiger partial charge in [-0.2, -0.15) is 0 Å². The van der Waals surface area contributed by atoms with Crippen molar-refractivity contribution in [1.29, 1.82) is 0 Å². The molecule has 0 spiro atoms. The molecule has 2 aliphatic rings. The fraction of sp³-hybridized carbons (Fsp3) is 0.600. The summed E-state index contributed by atoms with van der Waals surface area (Å²) in [4.78, 5) is 2.56. The lowest BCUT2D eigenvalue weighted by Crippen LogP contribution is -2.45. The van der Waals surface area contributed by atoms with Gasteiger partial charge in [0, 0.05) is 32.2 Å². The number of hydrogen-bond acceptors (Lipinski definition) is 4. The van der Waals surface area contributed by atoms with Crippen LogP contribution < -0.4 is 14.8 Å². The smallest absolute Gasteiger partial charge is 0.161 e. The maximum atomic E-state index is 5.69. The van der Waals surface area contributed by atoms with Crippen molar-refractivity contribution in [2.24, 2.45) is 0 Å². The lowest BCUT2D eigenvalue weighted by Gasteiger charge is -2.35. The van der Waals surface area contributed by atoms with Crippen molar-refractivity contribution in [3.8, 4) is 11.5 Å². The molecule has 3 rings (SSSR count). The summed E-state index contributed by atoms with van der Waals surface area (Å²) in [7, 11) is 0. The molecule has 0 aromatic heterocycles. The van der Waals surface area contributed by atoms with Crippen LogP contribution in [0.15, 0.2) is 18.2 Å². The van der Waals surface area contributed by atoms with E-state index in [1.165, 1.54) is 5.56 Å². The zero-order valence-corrected chi connectivity index (χ0v) is 11.5. The molecule has 0 saturated carbocycles. The molecule has 4 heteroatoms. The Labute approximate surface area is 114 Å². The predicted molar refractivity (Wildman–Crippen MR) is 74.9 cm³/mol. The van der Waals surface area contributed by atoms with E-state index in [-0.39, 0.29) is 0 Å². The van der Waals surface area contributed by atoms with Crippen LogP contribution in [0.5, 0.6) is 11.5 Å². The van der Waals surface area contributed by atoms with Gasteiger partial charge >= 0.3 is 0 Å². The molecule has 0 amide bonds. The molecule has 1 aromatic rings. The molecule has 104 valence electrons. The SMILES string of the molecule is CC[C@H](c1ccc2c(c1)OCCO2)N1CCNCC1. The Kier molecular flexibility index (Phi) is 3.89. The van der Waals surface area contributed by atoms with Crippen LogP contribution in [0.3, 0.4) is 0 Å². The van der Waals surface area contributed by atoms with Gasteiger partial charge in [0.05, 0.1) is 0 Å². The quantitative estimate of drug-likeness (QED) is 0.901. The Morgan fingerprint density at radius 2 is 1.89 bits per heavy atom. The third kappa shape index (κ3) is 2.69. The van der Waals surface area contributed by atoms with Gasteiger partial charge in [0.2, 0.25) is 0 Å². The Morgan fingerprint density at radius 1 is 1.16 bits per heavy atom. The van der Waals surface area contributed by atoms with Gasteiger partial charge < -0.3 is 14.8 Å². The normalized spacial score (nSPS) is 21.1. The van der Waals surface area contributed by atoms with Crippen molar-refractivity contribution in [2.45, 2.75) is 19.4 Å². The van der Waals surface area contributed by atoms with E-state index in [1.807, 2.05) is 0 Å². The van der Waals surface area contributed by atoms with Crippen LogP contribution >= 0.6 is 0 Å². The zero-order chi connectivity index (χ0) is 13.1. The first kappa shape index (κ1) is 12.8. The van der Waals surface area contributed by atoms with Gasteiger partial charge in [0.25, 0.3) is 0 Å². The summed E-state index contributed by atoms with van der Waals surface area (Å²) in [6.45, 7) is 7.97. The fourth-order valence-corrected chi connectivity index (χ4v) is 2.97. The highest BCUT2D eigenvalue weighted by Crippen LogP contribution is 2.35. The van der Waals surface area contributed by atoms with Crippen LogP contribution in [-0.4, -0.2) is 44.3 Å². The predicted octanol–water partition coefficient (Wildman–Crippen LogP) is 1.81. The number of rotatable bonds is 3. The monoisotopic (exact) mass is 262 g/mol. The largest absolute Gasteiger partial charge is 0.486 e. The standard InChI is InChI=1S/C15H22N2O2/c1-2-13(17-7-5-16-6-8-17)12-3-4-14-15(11-12)19-10-9-18-14/h3-4,11,13,16H,2,5-10H2,1H3/t13-/m1/s1. The molecule has 1 aromatic carbocycles. The molecule has 2 aliphatic heterocycles. The minimum absolute atomic E-state index is 0.484. The second-order valence-corrected chi connectivity index (χ2v) is 5.11. The zero-order valence-electron chi connectivity index (χ0n) is 11.5. The van der Waals surface area contributed by atoms with Crippen molar-refractivity contribution < 1.29 is 9.47 Å². The van der Waals surface area contributed by atoms with Gasteiger partial charge in [-0.15, -0.1) is 0 Å². The van der Waals surface area contributed by atoms with E-state index >= 15 is 0 Å². The van der Waals surface area contributed by atoms with E-state index in [9.17, 15) is 0 Å². The average Bonchev–Trinajstić information content (AvgIpc) is 2.49. The van der Waals surface area contributed by atoms with Crippen LogP contribution in [-0.2, 0) is 0 Å². The van der Waals surface area contributed by atoms with Gasteiger partial charge in [0.1, 0.15) is 13.2 Å². The van der Waals surface area contributed by atoms with Gasteiger partial charge in [-0.3, -0.25) is 4.90 Å². The summed E-state index contributed by atoms with van der Waals surface area (Å²) >= 11 is 0. The summed E-state index contributed by atoms with van der Waals surface area (Å²) in [6.07, 6.45) is 1.12. The first-order valence-electron chi connectivity index (χ1n) is 7.23. The van der Waals surface area contributed by atoms with E-state index < -0.39 is 0 Å². The third-order valence-electron chi connectivity index (χ3n) is 3.93. The topological polar surface area (TPSA) is 33.7 Å². The number of hydrogen-bond donors (Lipinski definition) is 1. The summed E-state index contributed by atoms with van der Waals surface area (Å²) in [5, 5.41) is 3.41. The van der Waals surface area contributed by atoms with Crippen molar-refractivity contribution in [2.75, 3.05) is 39.4 Å². The Hall–Kier alpha value is -1.26. The molecule has 0 radical (unpaired) electrons.